The number of nitrogens with zero attached hydrogens (tertiary/aromatic N) is 2. The number of rotatable bonds is 7. The predicted molar refractivity (Wildman–Crippen MR) is 124 cm³/mol. The van der Waals surface area contributed by atoms with Gasteiger partial charge in [-0.3, -0.25) is 0 Å². The molecule has 0 amide bonds. The second-order valence-electron chi connectivity index (χ2n) is 6.77. The van der Waals surface area contributed by atoms with Crippen LogP contribution in [0.3, 0.4) is 0 Å². The normalized spacial score (nSPS) is 10.7. The summed E-state index contributed by atoms with van der Waals surface area (Å²) in [6.45, 7) is 0. The Morgan fingerprint density at radius 3 is 1.66 bits per heavy atom. The third kappa shape index (κ3) is 4.81. The molecular formula is C24H17BiN2O5. The van der Waals surface area contributed by atoms with Gasteiger partial charge >= 0.3 is 192 Å². The molecule has 0 saturated carbocycles. The van der Waals surface area contributed by atoms with Gasteiger partial charge in [0.25, 0.3) is 0 Å². The second kappa shape index (κ2) is 9.66. The zero-order valence-electron chi connectivity index (χ0n) is 16.7. The molecule has 158 valence electrons. The van der Waals surface area contributed by atoms with Crippen LogP contribution in [-0.4, -0.2) is 31.6 Å². The molecule has 7 nitrogen and oxygen atoms in total. The fourth-order valence-corrected chi connectivity index (χ4v) is 12.1. The van der Waals surface area contributed by atoms with Crippen LogP contribution in [0.2, 0.25) is 0 Å². The van der Waals surface area contributed by atoms with Crippen LogP contribution in [0.4, 0.5) is 11.4 Å². The van der Waals surface area contributed by atoms with E-state index in [0.717, 1.165) is 6.07 Å². The Labute approximate surface area is 191 Å². The van der Waals surface area contributed by atoms with Crippen LogP contribution in [0.15, 0.2) is 103 Å². The van der Waals surface area contributed by atoms with E-state index in [1.54, 1.807) is 12.1 Å². The van der Waals surface area contributed by atoms with Crippen molar-refractivity contribution in [2.24, 2.45) is 0 Å². The van der Waals surface area contributed by atoms with Crippen LogP contribution in [0.5, 0.6) is 11.5 Å². The molecule has 0 spiro atoms. The van der Waals surface area contributed by atoms with Crippen LogP contribution in [-0.2, 0) is 0 Å². The molecule has 0 aliphatic carbocycles. The Morgan fingerprint density at radius 2 is 1.16 bits per heavy atom. The standard InChI is InChI=1S/C12H7N2O5.2C6H5.Bi/c15-13(16)9-6-7-12(11(8-9)14(17)18)19-10-4-2-1-3-5-10;2*1-2-4-6-5-3-1;/h2-8H;2*1-5H;. The van der Waals surface area contributed by atoms with E-state index >= 15 is 0 Å². The van der Waals surface area contributed by atoms with E-state index in [-0.39, 0.29) is 11.4 Å². The van der Waals surface area contributed by atoms with Gasteiger partial charge in [0.15, 0.2) is 0 Å². The number of benzene rings is 4. The summed E-state index contributed by atoms with van der Waals surface area (Å²) in [7, 11) is 0. The quantitative estimate of drug-likeness (QED) is 0.178. The van der Waals surface area contributed by atoms with Gasteiger partial charge in [-0.2, -0.15) is 0 Å². The van der Waals surface area contributed by atoms with Gasteiger partial charge in [-0.25, -0.2) is 0 Å². The van der Waals surface area contributed by atoms with E-state index in [4.69, 9.17) is 4.74 Å². The molecule has 0 radical (unpaired) electrons. The van der Waals surface area contributed by atoms with Crippen molar-refractivity contribution in [1.29, 1.82) is 0 Å². The van der Waals surface area contributed by atoms with Gasteiger partial charge in [0, 0.05) is 0 Å². The van der Waals surface area contributed by atoms with Gasteiger partial charge in [0.2, 0.25) is 0 Å². The van der Waals surface area contributed by atoms with Crippen molar-refractivity contribution >= 4 is 42.9 Å². The molecule has 4 aromatic carbocycles. The third-order valence-electron chi connectivity index (χ3n) is 4.70. The van der Waals surface area contributed by atoms with Crippen molar-refractivity contribution in [2.45, 2.75) is 0 Å². The molecule has 4 aromatic rings. The number of ether oxygens (including phenoxy) is 1. The predicted octanol–water partition coefficient (Wildman–Crippen LogP) is 3.81. The zero-order chi connectivity index (χ0) is 22.5. The molecule has 0 saturated heterocycles. The molecule has 0 N–H and O–H groups in total. The van der Waals surface area contributed by atoms with Gasteiger partial charge in [-0.1, -0.05) is 0 Å². The van der Waals surface area contributed by atoms with Crippen molar-refractivity contribution in [3.8, 4) is 11.5 Å². The molecule has 4 rings (SSSR count). The van der Waals surface area contributed by atoms with Crippen LogP contribution in [0, 0.1) is 20.2 Å². The summed E-state index contributed by atoms with van der Waals surface area (Å²) in [5.74, 6) is 0.384. The monoisotopic (exact) mass is 622 g/mol. The van der Waals surface area contributed by atoms with Crippen LogP contribution in [0.1, 0.15) is 0 Å². The van der Waals surface area contributed by atoms with Crippen molar-refractivity contribution in [2.75, 3.05) is 0 Å². The summed E-state index contributed by atoms with van der Waals surface area (Å²) in [4.78, 5) is 20.9. The van der Waals surface area contributed by atoms with Crippen molar-refractivity contribution in [1.82, 2.24) is 0 Å². The van der Waals surface area contributed by atoms with Crippen LogP contribution in [0.25, 0.3) is 0 Å². The van der Waals surface area contributed by atoms with E-state index in [0.29, 0.717) is 5.75 Å². The molecule has 0 aliphatic rings. The first-order valence-electron chi connectivity index (χ1n) is 9.64. The molecule has 0 aromatic heterocycles. The first kappa shape index (κ1) is 21.6. The van der Waals surface area contributed by atoms with E-state index in [2.05, 4.69) is 24.3 Å². The summed E-state index contributed by atoms with van der Waals surface area (Å²) in [5, 5.41) is 22.3. The molecule has 0 unspecified atom stereocenters. The number of nitro benzene ring substituents is 2. The first-order chi connectivity index (χ1) is 15.5. The topological polar surface area (TPSA) is 95.5 Å². The van der Waals surface area contributed by atoms with Gasteiger partial charge < -0.3 is 0 Å². The molecule has 32 heavy (non-hydrogen) atoms. The summed E-state index contributed by atoms with van der Waals surface area (Å²) in [5.41, 5.74) is -0.810. The Morgan fingerprint density at radius 1 is 0.625 bits per heavy atom. The number of hydrogen-bond donors (Lipinski definition) is 0. The van der Waals surface area contributed by atoms with E-state index in [9.17, 15) is 20.2 Å². The maximum atomic E-state index is 11.4. The Bertz CT molecular complexity index is 1210. The van der Waals surface area contributed by atoms with E-state index < -0.39 is 37.3 Å². The molecule has 0 aliphatic heterocycles. The van der Waals surface area contributed by atoms with Gasteiger partial charge in [0.05, 0.1) is 0 Å². The fraction of sp³-hybridized carbons (Fsp3) is 0. The molecule has 0 heterocycles. The molecule has 0 atom stereocenters. The Hall–Kier alpha value is -3.64. The average molecular weight is 622 g/mol. The second-order valence-corrected chi connectivity index (χ2v) is 15.4. The SMILES string of the molecule is O=[N+]([O-])c1ccc(Oc2cc[c]([Bi]([c]3ccccc3)[c]3ccccc3)cc2)c([N+](=O)[O-])c1. The Balaban J connectivity index is 1.65. The number of nitro groups is 2. The van der Waals surface area contributed by atoms with Crippen molar-refractivity contribution < 1.29 is 14.6 Å². The Kier molecular flexibility index (Phi) is 6.52. The van der Waals surface area contributed by atoms with E-state index in [1.165, 1.54) is 21.9 Å². The number of non-ortho nitro benzene ring substituents is 1. The summed E-state index contributed by atoms with van der Waals surface area (Å²) in [6.07, 6.45) is 0. The van der Waals surface area contributed by atoms with Crippen LogP contribution >= 0.6 is 0 Å². The van der Waals surface area contributed by atoms with Gasteiger partial charge in [-0.05, 0) is 0 Å². The van der Waals surface area contributed by atoms with Crippen molar-refractivity contribution in [3.63, 3.8) is 0 Å². The first-order valence-corrected chi connectivity index (χ1v) is 14.9. The maximum absolute atomic E-state index is 11.4. The van der Waals surface area contributed by atoms with Gasteiger partial charge in [-0.15, -0.1) is 0 Å². The molecule has 8 heteroatoms. The third-order valence-corrected chi connectivity index (χ3v) is 14.2. The van der Waals surface area contributed by atoms with Gasteiger partial charge in [0.1, 0.15) is 0 Å². The molecule has 0 bridgehead atoms. The zero-order valence-corrected chi connectivity index (χ0v) is 20.2. The van der Waals surface area contributed by atoms with Crippen LogP contribution < -0.4 is 14.6 Å². The number of hydrogen-bond acceptors (Lipinski definition) is 5. The minimum atomic E-state index is -2.50. The average Bonchev–Trinajstić information content (AvgIpc) is 2.82. The van der Waals surface area contributed by atoms with E-state index in [1.807, 2.05) is 48.5 Å². The summed E-state index contributed by atoms with van der Waals surface area (Å²) < 4.78 is 9.63. The summed E-state index contributed by atoms with van der Waals surface area (Å²) >= 11 is -2.50. The summed E-state index contributed by atoms with van der Waals surface area (Å²) in [6, 6.07) is 31.8. The molecular weight excluding hydrogens is 605 g/mol. The minimum absolute atomic E-state index is 0.0426. The fourth-order valence-electron chi connectivity index (χ4n) is 3.24. The molecule has 0 fully saturated rings. The van der Waals surface area contributed by atoms with Crippen molar-refractivity contribution in [3.05, 3.63) is 123 Å².